The van der Waals surface area contributed by atoms with Gasteiger partial charge in [-0.05, 0) is 94.0 Å². The fourth-order valence-electron chi connectivity index (χ4n) is 2.61. The second kappa shape index (κ2) is 14.0. The third-order valence-electron chi connectivity index (χ3n) is 4.21. The first-order valence-corrected chi connectivity index (χ1v) is 9.99. The molecule has 0 fully saturated rings. The molecule has 2 aromatic carbocycles. The number of ether oxygens (including phenoxy) is 2. The summed E-state index contributed by atoms with van der Waals surface area (Å²) in [4.78, 5) is 0. The number of nitriles is 2. The van der Waals surface area contributed by atoms with E-state index < -0.39 is 0 Å². The number of hydrogen-bond acceptors (Lipinski definition) is 6. The second-order valence-electron chi connectivity index (χ2n) is 6.53. The van der Waals surface area contributed by atoms with Crippen LogP contribution in [-0.4, -0.2) is 39.4 Å². The van der Waals surface area contributed by atoms with Crippen molar-refractivity contribution in [2.45, 2.75) is 19.3 Å². The molecule has 0 amide bonds. The minimum atomic E-state index is 0.645. The molecule has 0 atom stereocenters. The second-order valence-corrected chi connectivity index (χ2v) is 6.53. The van der Waals surface area contributed by atoms with Gasteiger partial charge in [-0.3, -0.25) is 0 Å². The van der Waals surface area contributed by atoms with Gasteiger partial charge in [0.05, 0.1) is 36.5 Å². The van der Waals surface area contributed by atoms with Crippen LogP contribution in [0.2, 0.25) is 0 Å². The van der Waals surface area contributed by atoms with Crippen molar-refractivity contribution in [3.63, 3.8) is 0 Å². The first-order valence-electron chi connectivity index (χ1n) is 9.99. The maximum Gasteiger partial charge on any atom is 0.119 e. The van der Waals surface area contributed by atoms with E-state index in [-0.39, 0.29) is 0 Å². The predicted octanol–water partition coefficient (Wildman–Crippen LogP) is 3.24. The monoisotopic (exact) mass is 392 g/mol. The van der Waals surface area contributed by atoms with Crippen LogP contribution in [0.4, 0.5) is 0 Å². The molecule has 0 radical (unpaired) electrons. The molecule has 6 nitrogen and oxygen atoms in total. The van der Waals surface area contributed by atoms with Crippen molar-refractivity contribution < 1.29 is 9.47 Å². The SMILES string of the molecule is N#Cc1ccc(OCCCNCCCNCCCOc2ccc(C#N)cc2)cc1. The van der Waals surface area contributed by atoms with Crippen LogP contribution in [0.1, 0.15) is 30.4 Å². The van der Waals surface area contributed by atoms with Crippen LogP contribution in [0, 0.1) is 22.7 Å². The van der Waals surface area contributed by atoms with Gasteiger partial charge in [-0.15, -0.1) is 0 Å². The van der Waals surface area contributed by atoms with E-state index in [9.17, 15) is 0 Å². The van der Waals surface area contributed by atoms with Crippen molar-refractivity contribution >= 4 is 0 Å². The van der Waals surface area contributed by atoms with Crippen LogP contribution < -0.4 is 20.1 Å². The van der Waals surface area contributed by atoms with Crippen LogP contribution in [0.25, 0.3) is 0 Å². The first-order chi connectivity index (χ1) is 14.3. The standard InChI is InChI=1S/C23H28N4O2/c24-18-20-4-8-22(9-5-20)28-16-2-14-26-12-1-13-27-15-3-17-29-23-10-6-21(19-25)7-11-23/h4-11,26-27H,1-3,12-17H2. The summed E-state index contributed by atoms with van der Waals surface area (Å²) in [5, 5.41) is 24.3. The summed E-state index contributed by atoms with van der Waals surface area (Å²) in [5.74, 6) is 1.60. The van der Waals surface area contributed by atoms with Gasteiger partial charge in [-0.25, -0.2) is 0 Å². The van der Waals surface area contributed by atoms with E-state index in [0.29, 0.717) is 24.3 Å². The molecule has 0 aliphatic heterocycles. The summed E-state index contributed by atoms with van der Waals surface area (Å²) in [6.45, 7) is 5.13. The fourth-order valence-corrected chi connectivity index (χ4v) is 2.61. The molecular weight excluding hydrogens is 364 g/mol. The Morgan fingerprint density at radius 1 is 0.586 bits per heavy atom. The lowest BCUT2D eigenvalue weighted by Gasteiger charge is -2.09. The molecule has 0 saturated carbocycles. The van der Waals surface area contributed by atoms with E-state index in [4.69, 9.17) is 20.0 Å². The molecule has 0 unspecified atom stereocenters. The Kier molecular flexibility index (Phi) is 10.7. The Bertz CT molecular complexity index is 709. The minimum absolute atomic E-state index is 0.645. The molecule has 6 heteroatoms. The number of nitrogens with zero attached hydrogens (tertiary/aromatic N) is 2. The predicted molar refractivity (Wildman–Crippen MR) is 113 cm³/mol. The van der Waals surface area contributed by atoms with Gasteiger partial charge in [-0.1, -0.05) is 0 Å². The molecule has 0 heterocycles. The van der Waals surface area contributed by atoms with Gasteiger partial charge in [0, 0.05) is 0 Å². The zero-order valence-electron chi connectivity index (χ0n) is 16.7. The van der Waals surface area contributed by atoms with Crippen molar-refractivity contribution in [3.8, 4) is 23.6 Å². The minimum Gasteiger partial charge on any atom is -0.494 e. The Morgan fingerprint density at radius 2 is 0.966 bits per heavy atom. The highest BCUT2D eigenvalue weighted by Gasteiger charge is 1.96. The number of rotatable bonds is 14. The fraction of sp³-hybridized carbons (Fsp3) is 0.391. The third-order valence-corrected chi connectivity index (χ3v) is 4.21. The zero-order valence-corrected chi connectivity index (χ0v) is 16.7. The number of nitrogens with one attached hydrogen (secondary N) is 2. The van der Waals surface area contributed by atoms with Gasteiger partial charge in [0.1, 0.15) is 11.5 Å². The lowest BCUT2D eigenvalue weighted by Crippen LogP contribution is -2.24. The summed E-state index contributed by atoms with van der Waals surface area (Å²) in [7, 11) is 0. The van der Waals surface area contributed by atoms with E-state index in [1.165, 1.54) is 0 Å². The van der Waals surface area contributed by atoms with Crippen molar-refractivity contribution in [1.82, 2.24) is 10.6 Å². The largest absolute Gasteiger partial charge is 0.494 e. The van der Waals surface area contributed by atoms with Gasteiger partial charge in [-0.2, -0.15) is 10.5 Å². The van der Waals surface area contributed by atoms with Gasteiger partial charge in [0.2, 0.25) is 0 Å². The maximum atomic E-state index is 8.76. The van der Waals surface area contributed by atoms with Crippen molar-refractivity contribution in [3.05, 3.63) is 59.7 Å². The summed E-state index contributed by atoms with van der Waals surface area (Å²) < 4.78 is 11.3. The van der Waals surface area contributed by atoms with E-state index in [0.717, 1.165) is 56.9 Å². The smallest absolute Gasteiger partial charge is 0.119 e. The van der Waals surface area contributed by atoms with Crippen molar-refractivity contribution in [2.24, 2.45) is 0 Å². The Hall–Kier alpha value is -3.06. The third kappa shape index (κ3) is 9.62. The van der Waals surface area contributed by atoms with Crippen LogP contribution in [-0.2, 0) is 0 Å². The lowest BCUT2D eigenvalue weighted by molar-refractivity contribution is 0.306. The number of hydrogen-bond donors (Lipinski definition) is 2. The Morgan fingerprint density at radius 3 is 1.34 bits per heavy atom. The molecule has 0 bridgehead atoms. The molecule has 2 rings (SSSR count). The number of benzene rings is 2. The van der Waals surface area contributed by atoms with E-state index in [1.807, 2.05) is 24.3 Å². The summed E-state index contributed by atoms with van der Waals surface area (Å²) in [5.41, 5.74) is 1.29. The molecule has 0 aliphatic carbocycles. The van der Waals surface area contributed by atoms with Crippen LogP contribution >= 0.6 is 0 Å². The van der Waals surface area contributed by atoms with Crippen LogP contribution in [0.15, 0.2) is 48.5 Å². The molecule has 2 aromatic rings. The highest BCUT2D eigenvalue weighted by Crippen LogP contribution is 2.12. The van der Waals surface area contributed by atoms with Crippen molar-refractivity contribution in [1.29, 1.82) is 10.5 Å². The van der Waals surface area contributed by atoms with Gasteiger partial charge < -0.3 is 20.1 Å². The highest BCUT2D eigenvalue weighted by molar-refractivity contribution is 5.35. The summed E-state index contributed by atoms with van der Waals surface area (Å²) >= 11 is 0. The van der Waals surface area contributed by atoms with Crippen LogP contribution in [0.3, 0.4) is 0 Å². The maximum absolute atomic E-state index is 8.76. The molecule has 0 aliphatic rings. The normalized spacial score (nSPS) is 10.1. The Labute approximate surface area is 173 Å². The molecule has 152 valence electrons. The van der Waals surface area contributed by atoms with Gasteiger partial charge in [0.15, 0.2) is 0 Å². The average molecular weight is 393 g/mol. The van der Waals surface area contributed by atoms with Crippen molar-refractivity contribution in [2.75, 3.05) is 39.4 Å². The molecule has 0 spiro atoms. The average Bonchev–Trinajstić information content (AvgIpc) is 2.77. The van der Waals surface area contributed by atoms with Crippen LogP contribution in [0.5, 0.6) is 11.5 Å². The topological polar surface area (TPSA) is 90.1 Å². The van der Waals surface area contributed by atoms with E-state index in [1.54, 1.807) is 24.3 Å². The molecular formula is C23H28N4O2. The lowest BCUT2D eigenvalue weighted by atomic mass is 10.2. The van der Waals surface area contributed by atoms with Gasteiger partial charge >= 0.3 is 0 Å². The first kappa shape index (κ1) is 22.2. The summed E-state index contributed by atoms with van der Waals surface area (Å²) in [6, 6.07) is 18.5. The molecule has 0 saturated heterocycles. The molecule has 29 heavy (non-hydrogen) atoms. The molecule has 0 aromatic heterocycles. The van der Waals surface area contributed by atoms with Gasteiger partial charge in [0.25, 0.3) is 0 Å². The van der Waals surface area contributed by atoms with E-state index in [2.05, 4.69) is 22.8 Å². The quantitative estimate of drug-likeness (QED) is 0.480. The highest BCUT2D eigenvalue weighted by atomic mass is 16.5. The summed E-state index contributed by atoms with van der Waals surface area (Å²) in [6.07, 6.45) is 2.97. The Balaban J connectivity index is 1.35. The van der Waals surface area contributed by atoms with E-state index >= 15 is 0 Å². The zero-order chi connectivity index (χ0) is 20.6. The molecule has 2 N–H and O–H groups in total.